The number of hydrogen-bond acceptors (Lipinski definition) is 5. The largest absolute Gasteiger partial charge is 0.481 e. The first kappa shape index (κ1) is 14.5. The second-order valence-electron chi connectivity index (χ2n) is 5.10. The van der Waals surface area contributed by atoms with E-state index in [1.165, 1.54) is 18.5 Å². The highest BCUT2D eigenvalue weighted by Gasteiger charge is 2.29. The van der Waals surface area contributed by atoms with Crippen molar-refractivity contribution < 1.29 is 4.74 Å². The molecule has 3 rings (SSSR count). The molecule has 110 valence electrons. The molecule has 6 heteroatoms. The van der Waals surface area contributed by atoms with Crippen molar-refractivity contribution in [2.24, 2.45) is 0 Å². The van der Waals surface area contributed by atoms with Gasteiger partial charge < -0.3 is 10.1 Å². The third-order valence-corrected chi connectivity index (χ3v) is 4.56. The van der Waals surface area contributed by atoms with Crippen LogP contribution in [0, 0.1) is 3.57 Å². The van der Waals surface area contributed by atoms with Gasteiger partial charge >= 0.3 is 0 Å². The average molecular weight is 396 g/mol. The zero-order valence-corrected chi connectivity index (χ0v) is 14.2. The Hall–Kier alpha value is -1.44. The molecule has 1 saturated carbocycles. The lowest BCUT2D eigenvalue weighted by Gasteiger charge is -2.11. The Morgan fingerprint density at radius 1 is 1.33 bits per heavy atom. The van der Waals surface area contributed by atoms with Crippen molar-refractivity contribution in [2.75, 3.05) is 19.5 Å². The van der Waals surface area contributed by atoms with Crippen LogP contribution >= 0.6 is 22.6 Å². The highest BCUT2D eigenvalue weighted by Crippen LogP contribution is 2.42. The number of nitrogens with one attached hydrogen (secondary N) is 1. The monoisotopic (exact) mass is 396 g/mol. The molecule has 1 aliphatic rings. The summed E-state index contributed by atoms with van der Waals surface area (Å²) in [6.07, 6.45) is 4.97. The fourth-order valence-electron chi connectivity index (χ4n) is 2.20. The second-order valence-corrected chi connectivity index (χ2v) is 6.18. The van der Waals surface area contributed by atoms with Crippen molar-refractivity contribution in [1.29, 1.82) is 0 Å². The van der Waals surface area contributed by atoms with E-state index < -0.39 is 0 Å². The third kappa shape index (κ3) is 3.25. The number of methoxy groups -OCH3 is 1. The summed E-state index contributed by atoms with van der Waals surface area (Å²) in [5.74, 6) is 2.99. The maximum Gasteiger partial charge on any atom is 0.212 e. The second kappa shape index (κ2) is 6.13. The van der Waals surface area contributed by atoms with Gasteiger partial charge in [0.2, 0.25) is 5.88 Å². The highest BCUT2D eigenvalue weighted by atomic mass is 127. The Labute approximate surface area is 137 Å². The van der Waals surface area contributed by atoms with Crippen molar-refractivity contribution in [3.8, 4) is 5.88 Å². The van der Waals surface area contributed by atoms with E-state index in [2.05, 4.69) is 37.9 Å². The lowest BCUT2D eigenvalue weighted by Crippen LogP contribution is -2.07. The van der Waals surface area contributed by atoms with Gasteiger partial charge in [-0.1, -0.05) is 6.07 Å². The minimum atomic E-state index is 0.611. The molecular weight excluding hydrogens is 379 g/mol. The topological polar surface area (TPSA) is 59.9 Å². The number of aromatic nitrogens is 3. The smallest absolute Gasteiger partial charge is 0.212 e. The Morgan fingerprint density at radius 2 is 2.14 bits per heavy atom. The normalized spacial score (nSPS) is 14.0. The summed E-state index contributed by atoms with van der Waals surface area (Å²) in [6.45, 7) is 0. The molecule has 0 aliphatic heterocycles. The fraction of sp³-hybridized carbons (Fsp3) is 0.400. The van der Waals surface area contributed by atoms with Crippen LogP contribution in [0.4, 0.5) is 5.82 Å². The Bertz CT molecular complexity index is 641. The quantitative estimate of drug-likeness (QED) is 0.788. The zero-order valence-electron chi connectivity index (χ0n) is 12.1. The van der Waals surface area contributed by atoms with Crippen molar-refractivity contribution >= 4 is 28.4 Å². The maximum atomic E-state index is 5.08. The van der Waals surface area contributed by atoms with Gasteiger partial charge in [-0.25, -0.2) is 15.0 Å². The fourth-order valence-corrected chi connectivity index (χ4v) is 3.15. The van der Waals surface area contributed by atoms with E-state index in [9.17, 15) is 0 Å². The standard InChI is InChI=1S/C15H17IN4O/c1-17-15-13(16)14(10-4-5-10)19-11(20-15)7-9-3-6-12(21-2)18-8-9/h3,6,8,10H,4-5,7H2,1-2H3,(H,17,19,20). The van der Waals surface area contributed by atoms with Crippen LogP contribution in [0.1, 0.15) is 35.8 Å². The van der Waals surface area contributed by atoms with Crippen LogP contribution in [0.3, 0.4) is 0 Å². The van der Waals surface area contributed by atoms with Crippen molar-refractivity contribution in [3.63, 3.8) is 0 Å². The predicted molar refractivity (Wildman–Crippen MR) is 89.9 cm³/mol. The average Bonchev–Trinajstić information content (AvgIpc) is 3.34. The Balaban J connectivity index is 1.88. The molecule has 0 aromatic carbocycles. The molecule has 0 radical (unpaired) electrons. The van der Waals surface area contributed by atoms with E-state index in [0.717, 1.165) is 20.8 Å². The molecule has 1 N–H and O–H groups in total. The molecule has 2 aromatic rings. The van der Waals surface area contributed by atoms with E-state index >= 15 is 0 Å². The summed E-state index contributed by atoms with van der Waals surface area (Å²) in [5.41, 5.74) is 2.27. The summed E-state index contributed by atoms with van der Waals surface area (Å²) in [4.78, 5) is 13.6. The van der Waals surface area contributed by atoms with Crippen LogP contribution < -0.4 is 10.1 Å². The number of pyridine rings is 1. The van der Waals surface area contributed by atoms with Crippen molar-refractivity contribution in [2.45, 2.75) is 25.2 Å². The van der Waals surface area contributed by atoms with Crippen LogP contribution in [0.15, 0.2) is 18.3 Å². The SMILES string of the molecule is CNc1nc(Cc2ccc(OC)nc2)nc(C2CC2)c1I. The number of halogens is 1. The van der Waals surface area contributed by atoms with E-state index in [1.54, 1.807) is 7.11 Å². The van der Waals surface area contributed by atoms with Crippen molar-refractivity contribution in [3.05, 3.63) is 39.0 Å². The molecule has 0 amide bonds. The molecule has 0 unspecified atom stereocenters. The van der Waals surface area contributed by atoms with Crippen molar-refractivity contribution in [1.82, 2.24) is 15.0 Å². The number of rotatable bonds is 5. The zero-order chi connectivity index (χ0) is 14.8. The van der Waals surface area contributed by atoms with Crippen LogP contribution in [-0.2, 0) is 6.42 Å². The first-order chi connectivity index (χ1) is 10.2. The van der Waals surface area contributed by atoms with Crippen LogP contribution in [0.25, 0.3) is 0 Å². The molecule has 2 aromatic heterocycles. The van der Waals surface area contributed by atoms with Crippen LogP contribution in [-0.4, -0.2) is 29.1 Å². The minimum absolute atomic E-state index is 0.611. The molecule has 1 fully saturated rings. The van der Waals surface area contributed by atoms with Crippen LogP contribution in [0.2, 0.25) is 0 Å². The number of ether oxygens (including phenoxy) is 1. The van der Waals surface area contributed by atoms with E-state index in [0.29, 0.717) is 18.2 Å². The summed E-state index contributed by atoms with van der Waals surface area (Å²) in [5, 5.41) is 3.17. The number of anilines is 1. The summed E-state index contributed by atoms with van der Waals surface area (Å²) >= 11 is 2.34. The summed E-state index contributed by atoms with van der Waals surface area (Å²) in [7, 11) is 3.52. The lowest BCUT2D eigenvalue weighted by molar-refractivity contribution is 0.397. The maximum absolute atomic E-state index is 5.08. The first-order valence-corrected chi connectivity index (χ1v) is 8.02. The van der Waals surface area contributed by atoms with E-state index in [4.69, 9.17) is 9.72 Å². The Morgan fingerprint density at radius 3 is 2.71 bits per heavy atom. The lowest BCUT2D eigenvalue weighted by atomic mass is 10.2. The molecular formula is C15H17IN4O. The van der Waals surface area contributed by atoms with Gasteiger partial charge in [0, 0.05) is 31.6 Å². The highest BCUT2D eigenvalue weighted by molar-refractivity contribution is 14.1. The molecule has 5 nitrogen and oxygen atoms in total. The third-order valence-electron chi connectivity index (χ3n) is 3.49. The van der Waals surface area contributed by atoms with Crippen LogP contribution in [0.5, 0.6) is 5.88 Å². The van der Waals surface area contributed by atoms with E-state index in [1.807, 2.05) is 25.4 Å². The number of hydrogen-bond donors (Lipinski definition) is 1. The van der Waals surface area contributed by atoms with Gasteiger partial charge in [0.15, 0.2) is 0 Å². The van der Waals surface area contributed by atoms with Gasteiger partial charge in [-0.15, -0.1) is 0 Å². The van der Waals surface area contributed by atoms with Gasteiger partial charge in [-0.3, -0.25) is 0 Å². The summed E-state index contributed by atoms with van der Waals surface area (Å²) < 4.78 is 6.22. The molecule has 0 saturated heterocycles. The molecule has 1 aliphatic carbocycles. The predicted octanol–water partition coefficient (Wildman–Crippen LogP) is 2.99. The van der Waals surface area contributed by atoms with Gasteiger partial charge in [-0.2, -0.15) is 0 Å². The Kier molecular flexibility index (Phi) is 4.23. The molecule has 2 heterocycles. The first-order valence-electron chi connectivity index (χ1n) is 6.94. The molecule has 21 heavy (non-hydrogen) atoms. The van der Waals surface area contributed by atoms with Gasteiger partial charge in [0.25, 0.3) is 0 Å². The molecule has 0 atom stereocenters. The minimum Gasteiger partial charge on any atom is -0.481 e. The van der Waals surface area contributed by atoms with Gasteiger partial charge in [0.1, 0.15) is 11.6 Å². The molecule has 0 spiro atoms. The summed E-state index contributed by atoms with van der Waals surface area (Å²) in [6, 6.07) is 3.87. The number of nitrogens with zero attached hydrogens (tertiary/aromatic N) is 3. The van der Waals surface area contributed by atoms with Gasteiger partial charge in [-0.05, 0) is 41.0 Å². The van der Waals surface area contributed by atoms with E-state index in [-0.39, 0.29) is 0 Å². The van der Waals surface area contributed by atoms with Gasteiger partial charge in [0.05, 0.1) is 16.4 Å². The molecule has 0 bridgehead atoms.